The summed E-state index contributed by atoms with van der Waals surface area (Å²) in [6, 6.07) is 3.45. The molecule has 0 spiro atoms. The van der Waals surface area contributed by atoms with Crippen LogP contribution in [0, 0.1) is 13.8 Å². The van der Waals surface area contributed by atoms with Gasteiger partial charge in [-0.3, -0.25) is 9.77 Å². The van der Waals surface area contributed by atoms with Crippen LogP contribution in [0.1, 0.15) is 11.1 Å². The van der Waals surface area contributed by atoms with Crippen LogP contribution >= 0.6 is 0 Å². The number of hydrogen-bond donors (Lipinski definition) is 5. The van der Waals surface area contributed by atoms with Gasteiger partial charge in [-0.15, -0.1) is 0 Å². The lowest BCUT2D eigenvalue weighted by molar-refractivity contribution is -0.0802. The maximum atomic E-state index is 12.3. The highest BCUT2D eigenvalue weighted by atomic mass is 16.4. The van der Waals surface area contributed by atoms with E-state index in [9.17, 15) is 24.9 Å². The number of rotatable bonds is 5. The van der Waals surface area contributed by atoms with Crippen LogP contribution in [-0.2, 0) is 6.54 Å². The number of aromatic amines is 1. The van der Waals surface area contributed by atoms with E-state index < -0.39 is 36.2 Å². The molecule has 2 aliphatic rings. The molecule has 3 rings (SSSR count). The van der Waals surface area contributed by atoms with E-state index in [0.29, 0.717) is 11.0 Å². The SMILES string of the molecule is [2H]n1c(=O)nc2n(C[C@H](O)[C@H](O)[C@H](O)CO)c3cc(C)c(C)cc3nc-2c1=O. The minimum Gasteiger partial charge on any atom is -0.394 e. The predicted molar refractivity (Wildman–Crippen MR) is 95.6 cm³/mol. The molecule has 0 saturated carbocycles. The Morgan fingerprint density at radius 1 is 1.15 bits per heavy atom. The summed E-state index contributed by atoms with van der Waals surface area (Å²) in [5, 5.41) is 38.9. The molecule has 144 valence electrons. The molecule has 2 aliphatic heterocycles. The molecule has 10 nitrogen and oxygen atoms in total. The number of aliphatic hydroxyl groups is 4. The van der Waals surface area contributed by atoms with Crippen LogP contribution in [0.2, 0.25) is 1.41 Å². The first kappa shape index (κ1) is 17.7. The van der Waals surface area contributed by atoms with E-state index >= 15 is 0 Å². The zero-order chi connectivity index (χ0) is 20.7. The topological polar surface area (TPSA) is 162 Å². The van der Waals surface area contributed by atoms with Gasteiger partial charge in [0.15, 0.2) is 12.9 Å². The molecule has 5 N–H and O–H groups in total. The second kappa shape index (κ2) is 7.16. The van der Waals surface area contributed by atoms with Crippen molar-refractivity contribution >= 4 is 11.0 Å². The van der Waals surface area contributed by atoms with Gasteiger partial charge in [0, 0.05) is 0 Å². The number of aryl methyl sites for hydroxylation is 2. The first-order chi connectivity index (χ1) is 13.1. The molecule has 27 heavy (non-hydrogen) atoms. The molecule has 0 amide bonds. The van der Waals surface area contributed by atoms with Crippen LogP contribution in [0.25, 0.3) is 22.6 Å². The van der Waals surface area contributed by atoms with Gasteiger partial charge in [-0.05, 0) is 37.1 Å². The third-order valence-electron chi connectivity index (χ3n) is 4.53. The highest BCUT2D eigenvalue weighted by Crippen LogP contribution is 2.24. The van der Waals surface area contributed by atoms with Crippen molar-refractivity contribution in [1.29, 1.82) is 0 Å². The maximum absolute atomic E-state index is 12.3. The van der Waals surface area contributed by atoms with Gasteiger partial charge in [-0.1, -0.05) is 0 Å². The Hall–Kier alpha value is -2.66. The van der Waals surface area contributed by atoms with Crippen molar-refractivity contribution in [2.75, 3.05) is 6.61 Å². The van der Waals surface area contributed by atoms with E-state index in [2.05, 4.69) is 9.97 Å². The summed E-state index contributed by atoms with van der Waals surface area (Å²) in [7, 11) is 0. The normalized spacial score (nSPS) is 15.7. The van der Waals surface area contributed by atoms with Gasteiger partial charge >= 0.3 is 5.69 Å². The van der Waals surface area contributed by atoms with E-state index in [1.165, 1.54) is 4.57 Å². The number of nitrogens with zero attached hydrogens (tertiary/aromatic N) is 3. The fourth-order valence-corrected chi connectivity index (χ4v) is 2.86. The summed E-state index contributed by atoms with van der Waals surface area (Å²) in [5.41, 5.74) is 0.267. The summed E-state index contributed by atoms with van der Waals surface area (Å²) in [4.78, 5) is 32.3. The lowest BCUT2D eigenvalue weighted by atomic mass is 10.1. The molecule has 0 unspecified atom stereocenters. The van der Waals surface area contributed by atoms with Crippen molar-refractivity contribution in [3.05, 3.63) is 44.1 Å². The fraction of sp³-hybridized carbons (Fsp3) is 0.412. The Morgan fingerprint density at radius 2 is 1.81 bits per heavy atom. The van der Waals surface area contributed by atoms with Crippen LogP contribution in [0.3, 0.4) is 0 Å². The van der Waals surface area contributed by atoms with Crippen molar-refractivity contribution in [3.63, 3.8) is 0 Å². The Labute approximate surface area is 154 Å². The first-order valence-corrected chi connectivity index (χ1v) is 8.24. The quantitative estimate of drug-likeness (QED) is 0.328. The second-order valence-corrected chi connectivity index (χ2v) is 6.44. The van der Waals surface area contributed by atoms with E-state index in [-0.39, 0.29) is 23.0 Å². The molecule has 10 heteroatoms. The number of fused-ring (bicyclic) bond motifs is 2. The van der Waals surface area contributed by atoms with Crippen molar-refractivity contribution in [2.45, 2.75) is 38.7 Å². The average molecular weight is 377 g/mol. The van der Waals surface area contributed by atoms with Crippen molar-refractivity contribution in [1.82, 2.24) is 19.5 Å². The molecule has 2 heterocycles. The van der Waals surface area contributed by atoms with Gasteiger partial charge in [0.2, 0.25) is 0 Å². The summed E-state index contributed by atoms with van der Waals surface area (Å²) >= 11 is 0. The summed E-state index contributed by atoms with van der Waals surface area (Å²) in [6.07, 6.45) is -4.80. The summed E-state index contributed by atoms with van der Waals surface area (Å²) in [5.74, 6) is -0.154. The van der Waals surface area contributed by atoms with Gasteiger partial charge in [0.1, 0.15) is 18.3 Å². The van der Waals surface area contributed by atoms with E-state index in [0.717, 1.165) is 11.1 Å². The zero-order valence-electron chi connectivity index (χ0n) is 15.7. The molecule has 3 atom stereocenters. The number of hydrogen-bond acceptors (Lipinski definition) is 8. The highest BCUT2D eigenvalue weighted by molar-refractivity contribution is 5.81. The van der Waals surface area contributed by atoms with Crippen molar-refractivity contribution < 1.29 is 21.8 Å². The Balaban J connectivity index is 2.32. The molecular formula is C17H20N4O6. The Morgan fingerprint density at radius 3 is 2.48 bits per heavy atom. The van der Waals surface area contributed by atoms with Gasteiger partial charge in [-0.25, -0.2) is 9.78 Å². The van der Waals surface area contributed by atoms with E-state index in [1.54, 1.807) is 12.1 Å². The molecule has 0 fully saturated rings. The second-order valence-electron chi connectivity index (χ2n) is 6.44. The first-order valence-electron chi connectivity index (χ1n) is 8.69. The largest absolute Gasteiger partial charge is 0.394 e. The Kier molecular flexibility index (Phi) is 4.70. The molecule has 0 bridgehead atoms. The standard InChI is InChI=1S/C17H20N4O6/c1-7-3-9-10(4-8(7)2)21(5-11(23)14(25)12(24)6-22)15-13(18-9)16(26)20-17(27)19-15/h3-4,11-12,14,22-25H,5-6H2,1-2H3,(H,20,26,27)/t11-,12+,14-/m0/s1/i/hD. The number of benzene rings is 1. The van der Waals surface area contributed by atoms with Gasteiger partial charge in [0.25, 0.3) is 5.56 Å². The Bertz CT molecular complexity index is 1130. The van der Waals surface area contributed by atoms with Crippen LogP contribution < -0.4 is 11.2 Å². The summed E-state index contributed by atoms with van der Waals surface area (Å²) < 4.78 is 8.84. The minimum atomic E-state index is -1.68. The minimum absolute atomic E-state index is 0.0906. The van der Waals surface area contributed by atoms with Crippen molar-refractivity contribution in [3.8, 4) is 11.5 Å². The smallest absolute Gasteiger partial charge is 0.349 e. The summed E-state index contributed by atoms with van der Waals surface area (Å²) in [6.45, 7) is 2.59. The number of aliphatic hydroxyl groups excluding tert-OH is 4. The third kappa shape index (κ3) is 3.47. The van der Waals surface area contributed by atoms with Crippen LogP contribution in [0.4, 0.5) is 0 Å². The number of aromatic nitrogens is 4. The molecule has 0 aromatic heterocycles. The lowest BCUT2D eigenvalue weighted by Crippen LogP contribution is -2.42. The molecule has 0 aliphatic carbocycles. The molecular weight excluding hydrogens is 356 g/mol. The lowest BCUT2D eigenvalue weighted by Gasteiger charge is -2.25. The van der Waals surface area contributed by atoms with Crippen molar-refractivity contribution in [2.24, 2.45) is 0 Å². The highest BCUT2D eigenvalue weighted by Gasteiger charge is 2.27. The van der Waals surface area contributed by atoms with Gasteiger partial charge < -0.3 is 25.0 Å². The van der Waals surface area contributed by atoms with Crippen LogP contribution in [0.15, 0.2) is 21.7 Å². The van der Waals surface area contributed by atoms with Crippen LogP contribution in [-0.4, -0.2) is 64.9 Å². The van der Waals surface area contributed by atoms with Gasteiger partial charge in [-0.2, -0.15) is 4.98 Å². The van der Waals surface area contributed by atoms with Crippen LogP contribution in [0.5, 0.6) is 0 Å². The molecule has 0 saturated heterocycles. The number of H-pyrrole nitrogens is 1. The maximum Gasteiger partial charge on any atom is 0.349 e. The van der Waals surface area contributed by atoms with Gasteiger partial charge in [0.05, 0.1) is 24.2 Å². The average Bonchev–Trinajstić information content (AvgIpc) is 2.67. The molecule has 1 aromatic carbocycles. The number of nitrogens with one attached hydrogen (secondary N) is 1. The van der Waals surface area contributed by atoms with E-state index in [1.807, 2.05) is 13.8 Å². The monoisotopic (exact) mass is 377 g/mol. The third-order valence-corrected chi connectivity index (χ3v) is 4.53. The fourth-order valence-electron chi connectivity index (χ4n) is 2.86. The molecule has 0 radical (unpaired) electrons. The molecule has 1 aromatic rings. The zero-order valence-corrected chi connectivity index (χ0v) is 14.7. The predicted octanol–water partition coefficient (Wildman–Crippen LogP) is -1.72. The van der Waals surface area contributed by atoms with E-state index in [4.69, 9.17) is 6.52 Å².